The smallest absolute Gasteiger partial charge is 0.307 e. The summed E-state index contributed by atoms with van der Waals surface area (Å²) in [6.45, 7) is 2.16. The Hall–Kier alpha value is -0.180. The summed E-state index contributed by atoms with van der Waals surface area (Å²) >= 11 is 1.99. The Kier molecular flexibility index (Phi) is 2.30. The third-order valence-corrected chi connectivity index (χ3v) is 4.89. The first-order valence-corrected chi connectivity index (χ1v) is 6.10. The van der Waals surface area contributed by atoms with Gasteiger partial charge in [0.15, 0.2) is 0 Å². The van der Waals surface area contributed by atoms with Gasteiger partial charge in [-0.1, -0.05) is 6.92 Å². The van der Waals surface area contributed by atoms with Gasteiger partial charge in [0.2, 0.25) is 0 Å². The normalized spacial score (nSPS) is 44.4. The molecular formula is C10H16O2S. The summed E-state index contributed by atoms with van der Waals surface area (Å²) in [6.07, 6.45) is 3.43. The fourth-order valence-electron chi connectivity index (χ4n) is 2.46. The molecular weight excluding hydrogens is 184 g/mol. The van der Waals surface area contributed by atoms with E-state index in [1.54, 1.807) is 0 Å². The number of hydrogen-bond acceptors (Lipinski definition) is 2. The lowest BCUT2D eigenvalue weighted by Crippen LogP contribution is -2.23. The summed E-state index contributed by atoms with van der Waals surface area (Å²) in [6, 6.07) is 0. The zero-order chi connectivity index (χ0) is 9.47. The second-order valence-corrected chi connectivity index (χ2v) is 5.66. The molecule has 0 bridgehead atoms. The lowest BCUT2D eigenvalue weighted by Gasteiger charge is -2.27. The molecule has 2 aliphatic rings. The fraction of sp³-hybridized carbons (Fsp3) is 0.900. The Morgan fingerprint density at radius 2 is 2.38 bits per heavy atom. The van der Waals surface area contributed by atoms with Crippen LogP contribution in [-0.2, 0) is 4.79 Å². The van der Waals surface area contributed by atoms with E-state index >= 15 is 0 Å². The minimum atomic E-state index is -0.585. The van der Waals surface area contributed by atoms with Crippen molar-refractivity contribution in [2.75, 3.05) is 11.5 Å². The van der Waals surface area contributed by atoms with Crippen LogP contribution in [0.3, 0.4) is 0 Å². The summed E-state index contributed by atoms with van der Waals surface area (Å²) in [5.74, 6) is 2.48. The van der Waals surface area contributed by atoms with E-state index in [-0.39, 0.29) is 11.3 Å². The van der Waals surface area contributed by atoms with Crippen molar-refractivity contribution >= 4 is 17.7 Å². The number of carbonyl (C=O) groups is 1. The third kappa shape index (κ3) is 1.58. The van der Waals surface area contributed by atoms with Gasteiger partial charge in [0, 0.05) is 0 Å². The van der Waals surface area contributed by atoms with E-state index in [2.05, 4.69) is 6.92 Å². The fourth-order valence-corrected chi connectivity index (χ4v) is 3.83. The Labute approximate surface area is 83.1 Å². The Morgan fingerprint density at radius 3 is 2.85 bits per heavy atom. The van der Waals surface area contributed by atoms with Crippen LogP contribution in [0.1, 0.15) is 26.2 Å². The van der Waals surface area contributed by atoms with Crippen LogP contribution < -0.4 is 0 Å². The molecule has 1 saturated carbocycles. The number of carboxylic acids is 1. The minimum Gasteiger partial charge on any atom is -0.481 e. The molecule has 3 atom stereocenters. The number of carboxylic acid groups (broad SMARTS) is 1. The molecule has 0 amide bonds. The largest absolute Gasteiger partial charge is 0.481 e. The molecule has 1 aliphatic carbocycles. The van der Waals surface area contributed by atoms with Gasteiger partial charge in [-0.05, 0) is 42.1 Å². The second kappa shape index (κ2) is 3.19. The maximum atomic E-state index is 10.8. The molecule has 0 aromatic rings. The average molecular weight is 200 g/mol. The summed E-state index contributed by atoms with van der Waals surface area (Å²) in [7, 11) is 0. The highest BCUT2D eigenvalue weighted by molar-refractivity contribution is 7.99. The van der Waals surface area contributed by atoms with Crippen molar-refractivity contribution in [2.24, 2.45) is 17.3 Å². The van der Waals surface area contributed by atoms with Crippen LogP contribution in [0.4, 0.5) is 0 Å². The first-order valence-electron chi connectivity index (χ1n) is 4.95. The molecule has 0 aromatic carbocycles. The number of aliphatic carboxylic acids is 1. The van der Waals surface area contributed by atoms with Gasteiger partial charge in [0.1, 0.15) is 0 Å². The Balaban J connectivity index is 1.97. The lowest BCUT2D eigenvalue weighted by molar-refractivity contribution is -0.139. The Bertz CT molecular complexity index is 223. The van der Waals surface area contributed by atoms with Crippen LogP contribution in [0.15, 0.2) is 0 Å². The monoisotopic (exact) mass is 200 g/mol. The zero-order valence-electron chi connectivity index (χ0n) is 7.95. The molecule has 2 nitrogen and oxygen atoms in total. The van der Waals surface area contributed by atoms with Crippen molar-refractivity contribution in [3.63, 3.8) is 0 Å². The van der Waals surface area contributed by atoms with Crippen LogP contribution in [-0.4, -0.2) is 22.6 Å². The minimum absolute atomic E-state index is 0.0452. The van der Waals surface area contributed by atoms with E-state index in [4.69, 9.17) is 5.11 Å². The maximum absolute atomic E-state index is 10.8. The Morgan fingerprint density at radius 1 is 1.62 bits per heavy atom. The number of thioether (sulfide) groups is 1. The van der Waals surface area contributed by atoms with E-state index in [0.717, 1.165) is 6.42 Å². The van der Waals surface area contributed by atoms with E-state index in [0.29, 0.717) is 5.92 Å². The molecule has 74 valence electrons. The molecule has 1 saturated heterocycles. The van der Waals surface area contributed by atoms with E-state index < -0.39 is 5.97 Å². The molecule has 1 heterocycles. The molecule has 0 radical (unpaired) electrons. The van der Waals surface area contributed by atoms with Crippen LogP contribution in [0, 0.1) is 17.3 Å². The second-order valence-electron chi connectivity index (χ2n) is 4.51. The van der Waals surface area contributed by atoms with Crippen LogP contribution in [0.5, 0.6) is 0 Å². The topological polar surface area (TPSA) is 37.3 Å². The van der Waals surface area contributed by atoms with Gasteiger partial charge in [-0.2, -0.15) is 11.8 Å². The van der Waals surface area contributed by atoms with Crippen LogP contribution in [0.2, 0.25) is 0 Å². The zero-order valence-corrected chi connectivity index (χ0v) is 8.77. The molecule has 3 heteroatoms. The standard InChI is InChI=1S/C10H16O2S/c1-10(5-8(10)9(11)12)7-3-2-4-13-6-7/h7-8H,2-6H2,1H3,(H,11,12). The third-order valence-electron chi connectivity index (χ3n) is 3.67. The molecule has 2 rings (SSSR count). The predicted molar refractivity (Wildman–Crippen MR) is 53.9 cm³/mol. The van der Waals surface area contributed by atoms with Gasteiger partial charge in [-0.15, -0.1) is 0 Å². The molecule has 0 spiro atoms. The van der Waals surface area contributed by atoms with Crippen molar-refractivity contribution in [1.82, 2.24) is 0 Å². The summed E-state index contributed by atoms with van der Waals surface area (Å²) < 4.78 is 0. The average Bonchev–Trinajstić information content (AvgIpc) is 2.82. The van der Waals surface area contributed by atoms with Gasteiger partial charge in [-0.25, -0.2) is 0 Å². The lowest BCUT2D eigenvalue weighted by atomic mass is 9.86. The maximum Gasteiger partial charge on any atom is 0.307 e. The first-order chi connectivity index (χ1) is 6.14. The molecule has 13 heavy (non-hydrogen) atoms. The molecule has 2 fully saturated rings. The first kappa shape index (κ1) is 9.38. The highest BCUT2D eigenvalue weighted by Crippen LogP contribution is 2.60. The van der Waals surface area contributed by atoms with Gasteiger partial charge < -0.3 is 5.11 Å². The SMILES string of the molecule is CC1(C2CCCSC2)CC1C(=O)O. The molecule has 1 aliphatic heterocycles. The van der Waals surface area contributed by atoms with Crippen molar-refractivity contribution in [1.29, 1.82) is 0 Å². The molecule has 3 unspecified atom stereocenters. The predicted octanol–water partition coefficient (Wildman–Crippen LogP) is 2.24. The van der Waals surface area contributed by atoms with Crippen LogP contribution >= 0.6 is 11.8 Å². The van der Waals surface area contributed by atoms with Crippen molar-refractivity contribution in [3.8, 4) is 0 Å². The molecule has 0 aromatic heterocycles. The number of rotatable bonds is 2. The van der Waals surface area contributed by atoms with E-state index in [9.17, 15) is 4.79 Å². The van der Waals surface area contributed by atoms with Gasteiger partial charge in [0.05, 0.1) is 5.92 Å². The number of hydrogen-bond donors (Lipinski definition) is 1. The van der Waals surface area contributed by atoms with Crippen LogP contribution in [0.25, 0.3) is 0 Å². The van der Waals surface area contributed by atoms with E-state index in [1.165, 1.54) is 24.3 Å². The van der Waals surface area contributed by atoms with E-state index in [1.807, 2.05) is 11.8 Å². The summed E-state index contributed by atoms with van der Waals surface area (Å²) in [5, 5.41) is 8.91. The summed E-state index contributed by atoms with van der Waals surface area (Å²) in [4.78, 5) is 10.8. The van der Waals surface area contributed by atoms with Gasteiger partial charge >= 0.3 is 5.97 Å². The van der Waals surface area contributed by atoms with Gasteiger partial charge in [-0.3, -0.25) is 4.79 Å². The quantitative estimate of drug-likeness (QED) is 0.742. The van der Waals surface area contributed by atoms with Gasteiger partial charge in [0.25, 0.3) is 0 Å². The van der Waals surface area contributed by atoms with Crippen molar-refractivity contribution < 1.29 is 9.90 Å². The highest BCUT2D eigenvalue weighted by atomic mass is 32.2. The van der Waals surface area contributed by atoms with Crippen molar-refractivity contribution in [3.05, 3.63) is 0 Å². The molecule has 1 N–H and O–H groups in total. The van der Waals surface area contributed by atoms with Crippen molar-refractivity contribution in [2.45, 2.75) is 26.2 Å². The summed E-state index contributed by atoms with van der Waals surface area (Å²) in [5.41, 5.74) is 0.138. The highest BCUT2D eigenvalue weighted by Gasteiger charge is 2.58.